The minimum absolute atomic E-state index is 0.512. The predicted molar refractivity (Wildman–Crippen MR) is 79.4 cm³/mol. The fourth-order valence-corrected chi connectivity index (χ4v) is 4.29. The van der Waals surface area contributed by atoms with Gasteiger partial charge in [0.05, 0.1) is 0 Å². The molecule has 3 heteroatoms. The van der Waals surface area contributed by atoms with Crippen LogP contribution in [0.5, 0.6) is 0 Å². The molecule has 2 aliphatic rings. The van der Waals surface area contributed by atoms with Crippen LogP contribution in [-0.4, -0.2) is 13.1 Å². The van der Waals surface area contributed by atoms with E-state index in [-0.39, 0.29) is 0 Å². The van der Waals surface area contributed by atoms with Crippen molar-refractivity contribution in [2.24, 2.45) is 5.92 Å². The first-order valence-corrected chi connectivity index (χ1v) is 7.87. The molecule has 0 saturated carbocycles. The molecule has 1 aromatic carbocycles. The van der Waals surface area contributed by atoms with Crippen molar-refractivity contribution in [3.05, 3.63) is 57.8 Å². The Labute approximate surface area is 117 Å². The zero-order chi connectivity index (χ0) is 12.7. The summed E-state index contributed by atoms with van der Waals surface area (Å²) in [5.41, 5.74) is 3.08. The highest BCUT2D eigenvalue weighted by Crippen LogP contribution is 2.46. The summed E-state index contributed by atoms with van der Waals surface area (Å²) in [5.74, 6) is 1.43. The molecule has 1 aliphatic heterocycles. The average molecular weight is 270 g/mol. The lowest BCUT2D eigenvalue weighted by Crippen LogP contribution is -2.27. The molecule has 0 bridgehead atoms. The van der Waals surface area contributed by atoms with E-state index < -0.39 is 0 Å². The van der Waals surface area contributed by atoms with Gasteiger partial charge in [-0.25, -0.2) is 0 Å². The number of hydrogen-bond acceptors (Lipinski definition) is 3. The van der Waals surface area contributed by atoms with Gasteiger partial charge in [-0.3, -0.25) is 0 Å². The summed E-state index contributed by atoms with van der Waals surface area (Å²) in [6.07, 6.45) is 0. The summed E-state index contributed by atoms with van der Waals surface area (Å²) >= 11 is 1.83. The predicted octanol–water partition coefficient (Wildman–Crippen LogP) is 2.90. The number of thiophene rings is 1. The minimum Gasteiger partial charge on any atom is -0.316 e. The number of benzene rings is 1. The van der Waals surface area contributed by atoms with Crippen LogP contribution in [0.25, 0.3) is 0 Å². The molecular weight excluding hydrogens is 252 g/mol. The van der Waals surface area contributed by atoms with Crippen LogP contribution in [-0.2, 0) is 6.54 Å². The molecule has 1 saturated heterocycles. The quantitative estimate of drug-likeness (QED) is 0.896. The minimum atomic E-state index is 0.512. The van der Waals surface area contributed by atoms with Crippen LogP contribution in [0.2, 0.25) is 0 Å². The molecule has 4 rings (SSSR count). The third kappa shape index (κ3) is 1.93. The first-order valence-electron chi connectivity index (χ1n) is 6.99. The Kier molecular flexibility index (Phi) is 2.91. The van der Waals surface area contributed by atoms with Gasteiger partial charge in [-0.1, -0.05) is 30.3 Å². The Bertz CT molecular complexity index is 564. The fourth-order valence-electron chi connectivity index (χ4n) is 3.64. The van der Waals surface area contributed by atoms with Crippen molar-refractivity contribution in [2.75, 3.05) is 13.1 Å². The van der Waals surface area contributed by atoms with Crippen molar-refractivity contribution < 1.29 is 0 Å². The van der Waals surface area contributed by atoms with E-state index in [0.29, 0.717) is 12.0 Å². The Morgan fingerprint density at radius 3 is 2.84 bits per heavy atom. The van der Waals surface area contributed by atoms with Crippen molar-refractivity contribution >= 4 is 11.3 Å². The molecule has 1 aromatic heterocycles. The zero-order valence-corrected chi connectivity index (χ0v) is 11.6. The van der Waals surface area contributed by atoms with E-state index in [1.807, 2.05) is 11.3 Å². The highest BCUT2D eigenvalue weighted by atomic mass is 32.1. The van der Waals surface area contributed by atoms with Gasteiger partial charge in [0.2, 0.25) is 0 Å². The second-order valence-corrected chi connectivity index (χ2v) is 6.53. The van der Waals surface area contributed by atoms with E-state index in [1.54, 1.807) is 5.56 Å². The van der Waals surface area contributed by atoms with Gasteiger partial charge >= 0.3 is 0 Å². The maximum atomic E-state index is 3.78. The lowest BCUT2D eigenvalue weighted by atomic mass is 9.94. The van der Waals surface area contributed by atoms with Gasteiger partial charge in [-0.05, 0) is 28.5 Å². The van der Waals surface area contributed by atoms with E-state index in [1.165, 1.54) is 10.4 Å². The smallest absolute Gasteiger partial charge is 0.0373 e. The maximum absolute atomic E-state index is 3.78. The fraction of sp³-hybridized carbons (Fsp3) is 0.375. The number of nitrogens with one attached hydrogen (secondary N) is 2. The highest BCUT2D eigenvalue weighted by Gasteiger charge is 2.42. The van der Waals surface area contributed by atoms with Crippen molar-refractivity contribution in [3.63, 3.8) is 0 Å². The highest BCUT2D eigenvalue weighted by molar-refractivity contribution is 7.09. The van der Waals surface area contributed by atoms with E-state index in [4.69, 9.17) is 0 Å². The topological polar surface area (TPSA) is 24.1 Å². The van der Waals surface area contributed by atoms with Gasteiger partial charge < -0.3 is 10.6 Å². The van der Waals surface area contributed by atoms with E-state index in [2.05, 4.69) is 52.4 Å². The van der Waals surface area contributed by atoms with E-state index in [0.717, 1.165) is 25.6 Å². The Hall–Kier alpha value is -1.16. The Balaban J connectivity index is 1.60. The van der Waals surface area contributed by atoms with Gasteiger partial charge in [-0.2, -0.15) is 0 Å². The number of rotatable bonds is 3. The van der Waals surface area contributed by atoms with Crippen molar-refractivity contribution in [1.29, 1.82) is 0 Å². The molecule has 2 aromatic rings. The average Bonchev–Trinajstić information content (AvgIpc) is 3.14. The molecule has 0 amide bonds. The first-order chi connectivity index (χ1) is 9.43. The normalized spacial score (nSPS) is 28.3. The molecule has 19 heavy (non-hydrogen) atoms. The standard InChI is InChI=1S/C16H18N2S/c1-2-6-13-12(5-1)14-9-17-10-15(14)16(13)18-8-11-4-3-7-19-11/h1-7,14-18H,8-10H2/t14-,15-,16?/m0/s1. The molecule has 1 fully saturated rings. The van der Waals surface area contributed by atoms with Crippen LogP contribution >= 0.6 is 11.3 Å². The SMILES string of the molecule is c1csc(CNC2c3ccccc3[C@@H]3CNC[C@H]23)c1. The van der Waals surface area contributed by atoms with Gasteiger partial charge in [0, 0.05) is 36.5 Å². The lowest BCUT2D eigenvalue weighted by Gasteiger charge is -2.20. The van der Waals surface area contributed by atoms with Crippen molar-refractivity contribution in [1.82, 2.24) is 10.6 Å². The van der Waals surface area contributed by atoms with Crippen LogP contribution in [0.4, 0.5) is 0 Å². The molecule has 1 aliphatic carbocycles. The third-order valence-electron chi connectivity index (χ3n) is 4.50. The van der Waals surface area contributed by atoms with Crippen molar-refractivity contribution in [3.8, 4) is 0 Å². The van der Waals surface area contributed by atoms with Gasteiger partial charge in [0.25, 0.3) is 0 Å². The molecule has 0 spiro atoms. The van der Waals surface area contributed by atoms with Crippen LogP contribution < -0.4 is 10.6 Å². The monoisotopic (exact) mass is 270 g/mol. The second-order valence-electron chi connectivity index (χ2n) is 5.50. The largest absolute Gasteiger partial charge is 0.316 e. The van der Waals surface area contributed by atoms with Crippen molar-refractivity contribution in [2.45, 2.75) is 18.5 Å². The van der Waals surface area contributed by atoms with E-state index in [9.17, 15) is 0 Å². The molecule has 3 atom stereocenters. The summed E-state index contributed by atoms with van der Waals surface area (Å²) < 4.78 is 0. The molecule has 98 valence electrons. The van der Waals surface area contributed by atoms with Crippen LogP contribution in [0.1, 0.15) is 28.0 Å². The zero-order valence-electron chi connectivity index (χ0n) is 10.8. The molecule has 2 N–H and O–H groups in total. The van der Waals surface area contributed by atoms with Gasteiger partial charge in [0.15, 0.2) is 0 Å². The molecule has 0 radical (unpaired) electrons. The number of fused-ring (bicyclic) bond motifs is 3. The van der Waals surface area contributed by atoms with Gasteiger partial charge in [0.1, 0.15) is 0 Å². The van der Waals surface area contributed by atoms with Crippen LogP contribution in [0.15, 0.2) is 41.8 Å². The Morgan fingerprint density at radius 2 is 2.00 bits per heavy atom. The molecule has 2 heterocycles. The maximum Gasteiger partial charge on any atom is 0.0373 e. The number of hydrogen-bond donors (Lipinski definition) is 2. The summed E-state index contributed by atoms with van der Waals surface area (Å²) in [6, 6.07) is 13.8. The molecule has 2 nitrogen and oxygen atoms in total. The van der Waals surface area contributed by atoms with Crippen LogP contribution in [0.3, 0.4) is 0 Å². The summed E-state index contributed by atoms with van der Waals surface area (Å²) in [7, 11) is 0. The van der Waals surface area contributed by atoms with Crippen LogP contribution in [0, 0.1) is 5.92 Å². The lowest BCUT2D eigenvalue weighted by molar-refractivity contribution is 0.392. The molecule has 1 unspecified atom stereocenters. The van der Waals surface area contributed by atoms with Gasteiger partial charge in [-0.15, -0.1) is 11.3 Å². The first kappa shape index (κ1) is 11.6. The molecular formula is C16H18N2S. The third-order valence-corrected chi connectivity index (χ3v) is 5.37. The summed E-state index contributed by atoms with van der Waals surface area (Å²) in [5, 5.41) is 9.49. The summed E-state index contributed by atoms with van der Waals surface area (Å²) in [4.78, 5) is 1.42. The Morgan fingerprint density at radius 1 is 1.11 bits per heavy atom. The summed E-state index contributed by atoms with van der Waals surface area (Å²) in [6.45, 7) is 3.26. The van der Waals surface area contributed by atoms with E-state index >= 15 is 0 Å². The second kappa shape index (κ2) is 4.75.